The van der Waals surface area contributed by atoms with Crippen molar-refractivity contribution in [3.63, 3.8) is 0 Å². The maximum absolute atomic E-state index is 12.5. The van der Waals surface area contributed by atoms with Crippen molar-refractivity contribution in [1.82, 2.24) is 20.2 Å². The van der Waals surface area contributed by atoms with E-state index in [1.54, 1.807) is 0 Å². The molecule has 0 fully saturated rings. The van der Waals surface area contributed by atoms with Gasteiger partial charge in [-0.05, 0) is 18.9 Å². The monoisotopic (exact) mass is 381 g/mol. The van der Waals surface area contributed by atoms with Gasteiger partial charge in [0.2, 0.25) is 11.1 Å². The summed E-state index contributed by atoms with van der Waals surface area (Å²) >= 11 is 1.33. The minimum absolute atomic E-state index is 0.0359. The first-order valence-electron chi connectivity index (χ1n) is 8.84. The van der Waals surface area contributed by atoms with Gasteiger partial charge in [-0.3, -0.25) is 4.79 Å². The first-order chi connectivity index (χ1) is 13.1. The fourth-order valence-corrected chi connectivity index (χ4v) is 3.50. The minimum atomic E-state index is -0.286. The van der Waals surface area contributed by atoms with Crippen LogP contribution in [-0.4, -0.2) is 26.0 Å². The predicted octanol–water partition coefficient (Wildman–Crippen LogP) is 3.15. The average molecular weight is 382 g/mol. The molecule has 0 spiro atoms. The van der Waals surface area contributed by atoms with E-state index >= 15 is 0 Å². The Labute approximate surface area is 163 Å². The molecule has 0 aliphatic rings. The van der Waals surface area contributed by atoms with E-state index in [9.17, 15) is 4.79 Å². The Morgan fingerprint density at radius 3 is 2.52 bits per heavy atom. The van der Waals surface area contributed by atoms with Gasteiger partial charge in [0.1, 0.15) is 0 Å². The van der Waals surface area contributed by atoms with E-state index < -0.39 is 0 Å². The van der Waals surface area contributed by atoms with Crippen molar-refractivity contribution in [2.75, 3.05) is 5.84 Å². The van der Waals surface area contributed by atoms with Gasteiger partial charge < -0.3 is 11.2 Å². The zero-order valence-corrected chi connectivity index (χ0v) is 16.2. The van der Waals surface area contributed by atoms with Gasteiger partial charge in [0.25, 0.3) is 0 Å². The zero-order chi connectivity index (χ0) is 19.2. The van der Waals surface area contributed by atoms with Crippen LogP contribution in [0.2, 0.25) is 0 Å². The molecule has 1 heterocycles. The molecule has 0 aliphatic heterocycles. The van der Waals surface area contributed by atoms with Crippen molar-refractivity contribution >= 4 is 17.7 Å². The number of thioether (sulfide) groups is 1. The summed E-state index contributed by atoms with van der Waals surface area (Å²) in [4.78, 5) is 12.5. The highest BCUT2D eigenvalue weighted by atomic mass is 32.2. The van der Waals surface area contributed by atoms with Crippen molar-refractivity contribution in [2.45, 2.75) is 37.2 Å². The molecule has 3 rings (SSSR count). The molecular formula is C20H23N5OS. The molecular weight excluding hydrogens is 358 g/mol. The average Bonchev–Trinajstić information content (AvgIpc) is 3.06. The normalized spacial score (nSPS) is 11.9. The Morgan fingerprint density at radius 1 is 1.15 bits per heavy atom. The third-order valence-corrected chi connectivity index (χ3v) is 5.52. The lowest BCUT2D eigenvalue weighted by molar-refractivity contribution is -0.120. The Balaban J connectivity index is 1.67. The van der Waals surface area contributed by atoms with E-state index in [4.69, 9.17) is 5.84 Å². The van der Waals surface area contributed by atoms with E-state index in [1.807, 2.05) is 68.4 Å². The summed E-state index contributed by atoms with van der Waals surface area (Å²) in [5.41, 5.74) is 3.12. The Bertz CT molecular complexity index is 892. The molecule has 27 heavy (non-hydrogen) atoms. The standard InChI is InChI=1S/C20H23N5OS/c1-3-17(19(26)22-13-15-7-5-4-6-8-15)27-20-24-23-18(25(20)21)16-11-9-14(2)10-12-16/h4-12,17H,3,13,21H2,1-2H3,(H,22,26). The number of hydrogen-bond donors (Lipinski definition) is 2. The fourth-order valence-electron chi connectivity index (χ4n) is 2.61. The summed E-state index contributed by atoms with van der Waals surface area (Å²) in [5.74, 6) is 6.73. The lowest BCUT2D eigenvalue weighted by atomic mass is 10.1. The van der Waals surface area contributed by atoms with Crippen LogP contribution in [0.25, 0.3) is 11.4 Å². The largest absolute Gasteiger partial charge is 0.351 e. The van der Waals surface area contributed by atoms with Crippen molar-refractivity contribution in [2.24, 2.45) is 0 Å². The van der Waals surface area contributed by atoms with Crippen molar-refractivity contribution in [3.8, 4) is 11.4 Å². The number of amides is 1. The lowest BCUT2D eigenvalue weighted by Crippen LogP contribution is -2.32. The summed E-state index contributed by atoms with van der Waals surface area (Å²) in [6, 6.07) is 17.8. The van der Waals surface area contributed by atoms with Crippen molar-refractivity contribution in [1.29, 1.82) is 0 Å². The summed E-state index contributed by atoms with van der Waals surface area (Å²) in [6.07, 6.45) is 0.665. The van der Waals surface area contributed by atoms with Gasteiger partial charge in [0.15, 0.2) is 5.82 Å². The van der Waals surface area contributed by atoms with Gasteiger partial charge in [0, 0.05) is 12.1 Å². The number of carbonyl (C=O) groups is 1. The molecule has 6 nitrogen and oxygen atoms in total. The number of carbonyl (C=O) groups excluding carboxylic acids is 1. The summed E-state index contributed by atoms with van der Waals surface area (Å²) in [6.45, 7) is 4.50. The van der Waals surface area contributed by atoms with Crippen molar-refractivity contribution in [3.05, 3.63) is 65.7 Å². The fraction of sp³-hybridized carbons (Fsp3) is 0.250. The third-order valence-electron chi connectivity index (χ3n) is 4.19. The SMILES string of the molecule is CCC(Sc1nnc(-c2ccc(C)cc2)n1N)C(=O)NCc1ccccc1. The molecule has 1 aromatic heterocycles. The Hall–Kier alpha value is -2.80. The number of benzene rings is 2. The second-order valence-electron chi connectivity index (χ2n) is 6.26. The van der Waals surface area contributed by atoms with Crippen LogP contribution < -0.4 is 11.2 Å². The minimum Gasteiger partial charge on any atom is -0.351 e. The van der Waals surface area contributed by atoms with E-state index in [0.29, 0.717) is 23.9 Å². The van der Waals surface area contributed by atoms with Crippen LogP contribution in [0.5, 0.6) is 0 Å². The smallest absolute Gasteiger partial charge is 0.233 e. The molecule has 140 valence electrons. The molecule has 3 N–H and O–H groups in total. The maximum atomic E-state index is 12.5. The molecule has 1 unspecified atom stereocenters. The molecule has 0 bridgehead atoms. The Kier molecular flexibility index (Phi) is 6.13. The highest BCUT2D eigenvalue weighted by Gasteiger charge is 2.22. The van der Waals surface area contributed by atoms with Gasteiger partial charge in [-0.1, -0.05) is 78.8 Å². The third kappa shape index (κ3) is 4.68. The van der Waals surface area contributed by atoms with Gasteiger partial charge >= 0.3 is 0 Å². The number of aromatic nitrogens is 3. The van der Waals surface area contributed by atoms with Gasteiger partial charge in [-0.2, -0.15) is 0 Å². The number of nitrogens with zero attached hydrogens (tertiary/aromatic N) is 3. The molecule has 0 aliphatic carbocycles. The predicted molar refractivity (Wildman–Crippen MR) is 109 cm³/mol. The molecule has 0 saturated heterocycles. The highest BCUT2D eigenvalue weighted by molar-refractivity contribution is 8.00. The molecule has 1 atom stereocenters. The lowest BCUT2D eigenvalue weighted by Gasteiger charge is -2.14. The first kappa shape index (κ1) is 19.0. The second kappa shape index (κ2) is 8.73. The molecule has 7 heteroatoms. The van der Waals surface area contributed by atoms with Crippen LogP contribution >= 0.6 is 11.8 Å². The summed E-state index contributed by atoms with van der Waals surface area (Å²) in [7, 11) is 0. The van der Waals surface area contributed by atoms with Gasteiger partial charge in [-0.25, -0.2) is 4.68 Å². The summed E-state index contributed by atoms with van der Waals surface area (Å²) < 4.78 is 1.45. The number of hydrogen-bond acceptors (Lipinski definition) is 5. The maximum Gasteiger partial charge on any atom is 0.233 e. The van der Waals surface area contributed by atoms with E-state index in [-0.39, 0.29) is 11.2 Å². The van der Waals surface area contributed by atoms with E-state index in [0.717, 1.165) is 16.7 Å². The van der Waals surface area contributed by atoms with Crippen molar-refractivity contribution < 1.29 is 4.79 Å². The first-order valence-corrected chi connectivity index (χ1v) is 9.72. The Morgan fingerprint density at radius 2 is 1.85 bits per heavy atom. The zero-order valence-electron chi connectivity index (χ0n) is 15.4. The molecule has 0 saturated carbocycles. The second-order valence-corrected chi connectivity index (χ2v) is 7.43. The van der Waals surface area contributed by atoms with E-state index in [1.165, 1.54) is 16.4 Å². The highest BCUT2D eigenvalue weighted by Crippen LogP contribution is 2.26. The number of nitrogen functional groups attached to an aromatic ring is 1. The topological polar surface area (TPSA) is 85.8 Å². The van der Waals surface area contributed by atoms with Crippen LogP contribution in [-0.2, 0) is 11.3 Å². The number of nitrogens with one attached hydrogen (secondary N) is 1. The molecule has 1 amide bonds. The number of rotatable bonds is 7. The molecule has 0 radical (unpaired) electrons. The van der Waals surface area contributed by atoms with Crippen LogP contribution in [0.4, 0.5) is 0 Å². The van der Waals surface area contributed by atoms with Gasteiger partial charge in [-0.15, -0.1) is 10.2 Å². The van der Waals surface area contributed by atoms with Crippen LogP contribution in [0, 0.1) is 6.92 Å². The number of nitrogens with two attached hydrogens (primary N) is 1. The van der Waals surface area contributed by atoms with E-state index in [2.05, 4.69) is 15.5 Å². The quantitative estimate of drug-likeness (QED) is 0.485. The van der Waals surface area contributed by atoms with Gasteiger partial charge in [0.05, 0.1) is 5.25 Å². The van der Waals surface area contributed by atoms with Crippen LogP contribution in [0.1, 0.15) is 24.5 Å². The van der Waals surface area contributed by atoms with Crippen LogP contribution in [0.3, 0.4) is 0 Å². The van der Waals surface area contributed by atoms with Crippen LogP contribution in [0.15, 0.2) is 59.8 Å². The number of aryl methyl sites for hydroxylation is 1. The molecule has 3 aromatic rings. The summed E-state index contributed by atoms with van der Waals surface area (Å²) in [5, 5.41) is 11.6. The molecule has 2 aromatic carbocycles.